The molecule has 1 fully saturated rings. The van der Waals surface area contributed by atoms with E-state index >= 15 is 0 Å². The number of hydrogen-bond donors (Lipinski definition) is 0. The van der Waals surface area contributed by atoms with Gasteiger partial charge in [-0.15, -0.1) is 0 Å². The Kier molecular flexibility index (Phi) is 16.0. The molecule has 0 N–H and O–H groups in total. The minimum Gasteiger partial charge on any atom is -0.493 e. The maximum Gasteiger partial charge on any atom is 0.134 e. The molecule has 226 valence electrons. The van der Waals surface area contributed by atoms with Gasteiger partial charge in [0.25, 0.3) is 0 Å². The first-order valence-corrected chi connectivity index (χ1v) is 17.0. The maximum absolute atomic E-state index is 14.9. The Morgan fingerprint density at radius 1 is 0.805 bits per heavy atom. The van der Waals surface area contributed by atoms with E-state index in [9.17, 15) is 9.65 Å². The number of unbranched alkanes of at least 4 members (excludes halogenated alkanes) is 9. The second-order valence-corrected chi connectivity index (χ2v) is 12.6. The fourth-order valence-electron chi connectivity index (χ4n) is 6.51. The van der Waals surface area contributed by atoms with Crippen molar-refractivity contribution in [2.24, 2.45) is 17.8 Å². The molecule has 0 bridgehead atoms. The molecule has 1 aliphatic carbocycles. The lowest BCUT2D eigenvalue weighted by atomic mass is 9.76. The lowest BCUT2D eigenvalue weighted by Crippen LogP contribution is -2.17. The van der Waals surface area contributed by atoms with Gasteiger partial charge in [0.2, 0.25) is 0 Å². The van der Waals surface area contributed by atoms with E-state index in [1.807, 2.05) is 24.3 Å². The normalized spacial score (nSPS) is 17.7. The minimum absolute atomic E-state index is 0.131. The fourth-order valence-corrected chi connectivity index (χ4v) is 6.51. The highest BCUT2D eigenvalue weighted by Crippen LogP contribution is 2.36. The van der Waals surface area contributed by atoms with Crippen molar-refractivity contribution in [2.45, 2.75) is 136 Å². The van der Waals surface area contributed by atoms with Gasteiger partial charge in [-0.3, -0.25) is 0 Å². The first kappa shape index (κ1) is 33.2. The quantitative estimate of drug-likeness (QED) is 0.151. The zero-order chi connectivity index (χ0) is 29.1. The molecule has 2 nitrogen and oxygen atoms in total. The summed E-state index contributed by atoms with van der Waals surface area (Å²) < 4.78 is 20.7. The van der Waals surface area contributed by atoms with E-state index in [0.717, 1.165) is 43.1 Å². The van der Waals surface area contributed by atoms with Crippen molar-refractivity contribution >= 4 is 0 Å². The molecule has 0 saturated heterocycles. The molecule has 1 atom stereocenters. The highest BCUT2D eigenvalue weighted by atomic mass is 19.1. The van der Waals surface area contributed by atoms with Gasteiger partial charge in [-0.2, -0.15) is 5.26 Å². The molecule has 1 unspecified atom stereocenters. The van der Waals surface area contributed by atoms with Crippen LogP contribution in [0.1, 0.15) is 135 Å². The van der Waals surface area contributed by atoms with Gasteiger partial charge in [0.05, 0.1) is 12.7 Å². The molecule has 2 aromatic rings. The summed E-state index contributed by atoms with van der Waals surface area (Å²) in [7, 11) is 0. The Balaban J connectivity index is 1.37. The Morgan fingerprint density at radius 3 is 2.10 bits per heavy atom. The second-order valence-electron chi connectivity index (χ2n) is 12.6. The lowest BCUT2D eigenvalue weighted by Gasteiger charge is -2.29. The lowest BCUT2D eigenvalue weighted by molar-refractivity contribution is 0.233. The van der Waals surface area contributed by atoms with Gasteiger partial charge in [0.15, 0.2) is 0 Å². The maximum atomic E-state index is 14.9. The summed E-state index contributed by atoms with van der Waals surface area (Å²) >= 11 is 0. The van der Waals surface area contributed by atoms with Crippen molar-refractivity contribution < 1.29 is 9.13 Å². The third-order valence-electron chi connectivity index (χ3n) is 9.24. The predicted molar refractivity (Wildman–Crippen MR) is 172 cm³/mol. The molecular formula is C38H56FNO. The van der Waals surface area contributed by atoms with Crippen LogP contribution in [0, 0.1) is 34.9 Å². The summed E-state index contributed by atoms with van der Waals surface area (Å²) in [6.45, 7) is 5.15. The van der Waals surface area contributed by atoms with Crippen LogP contribution in [0.25, 0.3) is 11.1 Å². The summed E-state index contributed by atoms with van der Waals surface area (Å²) in [6, 6.07) is 16.0. The smallest absolute Gasteiger partial charge is 0.134 e. The molecule has 3 rings (SSSR count). The number of hydrogen-bond acceptors (Lipinski definition) is 2. The molecule has 3 heteroatoms. The molecule has 1 saturated carbocycles. The van der Waals surface area contributed by atoms with Crippen molar-refractivity contribution in [1.29, 1.82) is 5.26 Å². The molecule has 41 heavy (non-hydrogen) atoms. The van der Waals surface area contributed by atoms with Crippen molar-refractivity contribution in [3.05, 3.63) is 53.8 Å². The topological polar surface area (TPSA) is 33.0 Å². The molecule has 1 aliphatic rings. The van der Waals surface area contributed by atoms with Crippen molar-refractivity contribution in [3.63, 3.8) is 0 Å². The third kappa shape index (κ3) is 12.6. The van der Waals surface area contributed by atoms with Gasteiger partial charge in [-0.25, -0.2) is 4.39 Å². The Hall–Kier alpha value is -2.34. The van der Waals surface area contributed by atoms with E-state index in [1.165, 1.54) is 108 Å². The monoisotopic (exact) mass is 561 g/mol. The minimum atomic E-state index is -0.242. The first-order chi connectivity index (χ1) is 20.1. The molecule has 0 heterocycles. The SMILES string of the molecule is CCCCCCCCOc1ccc(-c2ccc(CCC(C#N)CC3CCC(CCCCCCC)CC3)cc2)c(F)c1. The average Bonchev–Trinajstić information content (AvgIpc) is 3.00. The summed E-state index contributed by atoms with van der Waals surface area (Å²) in [4.78, 5) is 0. The zero-order valence-corrected chi connectivity index (χ0v) is 26.1. The van der Waals surface area contributed by atoms with Crippen LogP contribution in [0.15, 0.2) is 42.5 Å². The van der Waals surface area contributed by atoms with Crippen LogP contribution in [0.4, 0.5) is 4.39 Å². The van der Waals surface area contributed by atoms with Crippen LogP contribution in [0.5, 0.6) is 5.75 Å². The van der Waals surface area contributed by atoms with Crippen LogP contribution in [-0.4, -0.2) is 6.61 Å². The number of halogens is 1. The van der Waals surface area contributed by atoms with E-state index < -0.39 is 0 Å². The average molecular weight is 562 g/mol. The van der Waals surface area contributed by atoms with Gasteiger partial charge in [-0.05, 0) is 60.8 Å². The van der Waals surface area contributed by atoms with E-state index in [2.05, 4.69) is 32.0 Å². The van der Waals surface area contributed by atoms with Crippen molar-refractivity contribution in [2.75, 3.05) is 6.61 Å². The number of nitrogens with zero attached hydrogens (tertiary/aromatic N) is 1. The van der Waals surface area contributed by atoms with Crippen molar-refractivity contribution in [1.82, 2.24) is 0 Å². The molecule has 0 spiro atoms. The summed E-state index contributed by atoms with van der Waals surface area (Å²) in [5.41, 5.74) is 2.71. The third-order valence-corrected chi connectivity index (χ3v) is 9.24. The summed E-state index contributed by atoms with van der Waals surface area (Å²) in [5, 5.41) is 9.83. The van der Waals surface area contributed by atoms with Crippen LogP contribution in [-0.2, 0) is 6.42 Å². The van der Waals surface area contributed by atoms with E-state index in [4.69, 9.17) is 4.74 Å². The molecule has 0 aliphatic heterocycles. The first-order valence-electron chi connectivity index (χ1n) is 17.0. The van der Waals surface area contributed by atoms with E-state index in [-0.39, 0.29) is 11.7 Å². The van der Waals surface area contributed by atoms with Gasteiger partial charge >= 0.3 is 0 Å². The highest BCUT2D eigenvalue weighted by Gasteiger charge is 2.23. The van der Waals surface area contributed by atoms with Crippen LogP contribution < -0.4 is 4.74 Å². The number of rotatable bonds is 20. The standard InChI is InChI=1S/C38H56FNO/c1-3-5-7-9-11-13-27-41-36-25-26-37(38(39)29-36)35-23-21-32(22-24-35)17-20-34(30-40)28-33-18-15-31(16-19-33)14-12-10-8-6-4-2/h21-26,29,31,33-34H,3-20,27-28H2,1-2H3. The fraction of sp³-hybridized carbons (Fsp3) is 0.658. The van der Waals surface area contributed by atoms with Gasteiger partial charge in [0.1, 0.15) is 11.6 Å². The molecule has 2 aromatic carbocycles. The number of benzene rings is 2. The van der Waals surface area contributed by atoms with Gasteiger partial charge in [0, 0.05) is 17.5 Å². The largest absolute Gasteiger partial charge is 0.493 e. The molecule has 0 aromatic heterocycles. The predicted octanol–water partition coefficient (Wildman–Crippen LogP) is 11.9. The summed E-state index contributed by atoms with van der Waals surface area (Å²) in [6.07, 6.45) is 23.8. The van der Waals surface area contributed by atoms with Crippen LogP contribution in [0.3, 0.4) is 0 Å². The van der Waals surface area contributed by atoms with E-state index in [1.54, 1.807) is 0 Å². The number of aryl methyl sites for hydroxylation is 1. The number of ether oxygens (including phenoxy) is 1. The van der Waals surface area contributed by atoms with Crippen LogP contribution in [0.2, 0.25) is 0 Å². The Bertz CT molecular complexity index is 1000. The van der Waals surface area contributed by atoms with Gasteiger partial charge in [-0.1, -0.05) is 134 Å². The Labute approximate surface area is 251 Å². The molecular weight excluding hydrogens is 505 g/mol. The van der Waals surface area contributed by atoms with Crippen LogP contribution >= 0.6 is 0 Å². The van der Waals surface area contributed by atoms with E-state index in [0.29, 0.717) is 17.9 Å². The second kappa shape index (κ2) is 19.7. The Morgan fingerprint density at radius 2 is 1.44 bits per heavy atom. The van der Waals surface area contributed by atoms with Gasteiger partial charge < -0.3 is 4.74 Å². The molecule has 0 radical (unpaired) electrons. The number of nitriles is 1. The van der Waals surface area contributed by atoms with Crippen molar-refractivity contribution in [3.8, 4) is 22.9 Å². The molecule has 0 amide bonds. The summed E-state index contributed by atoms with van der Waals surface area (Å²) in [5.74, 6) is 2.14. The zero-order valence-electron chi connectivity index (χ0n) is 26.1. The highest BCUT2D eigenvalue weighted by molar-refractivity contribution is 5.65.